The fourth-order valence-electron chi connectivity index (χ4n) is 2.32. The molecule has 0 amide bonds. The lowest BCUT2D eigenvalue weighted by molar-refractivity contribution is 0.00685. The van der Waals surface area contributed by atoms with Crippen LogP contribution in [-0.4, -0.2) is 34.6 Å². The summed E-state index contributed by atoms with van der Waals surface area (Å²) in [6.07, 6.45) is 3.82. The summed E-state index contributed by atoms with van der Waals surface area (Å²) < 4.78 is 0. The fraction of sp³-hybridized carbons (Fsp3) is 1.00. The highest BCUT2D eigenvalue weighted by Crippen LogP contribution is 2.33. The lowest BCUT2D eigenvalue weighted by atomic mass is 9.83. The number of aliphatic hydroxyl groups is 1. The Hall–Kier alpha value is 0.270. The third-order valence-electron chi connectivity index (χ3n) is 3.04. The molecule has 3 heteroatoms. The summed E-state index contributed by atoms with van der Waals surface area (Å²) in [6.45, 7) is 2.35. The summed E-state index contributed by atoms with van der Waals surface area (Å²) in [5.74, 6) is 0.867. The number of rotatable bonds is 1. The number of hydrogen-bond acceptors (Lipinski definition) is 3. The Labute approximate surface area is 73.0 Å². The molecule has 0 aromatic carbocycles. The molecule has 3 heterocycles. The maximum atomic E-state index is 9.32. The molecule has 0 aliphatic carbocycles. The summed E-state index contributed by atoms with van der Waals surface area (Å²) in [6, 6.07) is 0.339. The van der Waals surface area contributed by atoms with Crippen molar-refractivity contribution in [2.75, 3.05) is 13.1 Å². The van der Waals surface area contributed by atoms with Crippen LogP contribution in [0.3, 0.4) is 0 Å². The zero-order valence-corrected chi connectivity index (χ0v) is 7.50. The van der Waals surface area contributed by atoms with Crippen LogP contribution in [0.4, 0.5) is 0 Å². The molecule has 3 fully saturated rings. The molecule has 3 saturated heterocycles. The van der Waals surface area contributed by atoms with Gasteiger partial charge in [-0.3, -0.25) is 4.90 Å². The van der Waals surface area contributed by atoms with E-state index in [1.807, 2.05) is 0 Å². The average Bonchev–Trinajstić information content (AvgIpc) is 2.06. The first-order valence-electron chi connectivity index (χ1n) is 4.37. The normalized spacial score (nSPS) is 45.8. The SMILES string of the molecule is OC(S)C1CC2CCN1CC2. The Balaban J connectivity index is 2.03. The topological polar surface area (TPSA) is 23.5 Å². The number of fused-ring (bicyclic) bond motifs is 3. The van der Waals surface area contributed by atoms with Gasteiger partial charge in [0.1, 0.15) is 5.44 Å². The Morgan fingerprint density at radius 3 is 2.27 bits per heavy atom. The van der Waals surface area contributed by atoms with Crippen molar-refractivity contribution in [3.63, 3.8) is 0 Å². The monoisotopic (exact) mass is 173 g/mol. The average molecular weight is 173 g/mol. The molecular formula is C8H15NOS. The van der Waals surface area contributed by atoms with Crippen molar-refractivity contribution in [1.29, 1.82) is 0 Å². The van der Waals surface area contributed by atoms with Gasteiger partial charge in [0.25, 0.3) is 0 Å². The van der Waals surface area contributed by atoms with E-state index in [0.717, 1.165) is 12.3 Å². The van der Waals surface area contributed by atoms with E-state index in [-0.39, 0.29) is 0 Å². The minimum Gasteiger partial charge on any atom is -0.381 e. The second kappa shape index (κ2) is 2.96. The van der Waals surface area contributed by atoms with Crippen LogP contribution < -0.4 is 0 Å². The van der Waals surface area contributed by atoms with Gasteiger partial charge in [0.05, 0.1) is 0 Å². The summed E-state index contributed by atoms with van der Waals surface area (Å²) in [7, 11) is 0. The van der Waals surface area contributed by atoms with Crippen LogP contribution in [0.15, 0.2) is 0 Å². The van der Waals surface area contributed by atoms with Gasteiger partial charge in [-0.1, -0.05) is 0 Å². The Morgan fingerprint density at radius 2 is 2.00 bits per heavy atom. The van der Waals surface area contributed by atoms with Gasteiger partial charge in [-0.15, -0.1) is 12.6 Å². The molecule has 0 spiro atoms. The number of hydrogen-bond donors (Lipinski definition) is 2. The second-order valence-corrected chi connectivity index (χ2v) is 4.23. The minimum atomic E-state index is -0.432. The van der Waals surface area contributed by atoms with Crippen molar-refractivity contribution in [3.8, 4) is 0 Å². The smallest absolute Gasteiger partial charge is 0.112 e. The van der Waals surface area contributed by atoms with Gasteiger partial charge >= 0.3 is 0 Å². The van der Waals surface area contributed by atoms with Crippen LogP contribution in [0, 0.1) is 5.92 Å². The first kappa shape index (κ1) is 7.90. The molecule has 0 radical (unpaired) electrons. The first-order valence-corrected chi connectivity index (χ1v) is 4.89. The van der Waals surface area contributed by atoms with Gasteiger partial charge in [0, 0.05) is 6.04 Å². The standard InChI is InChI=1S/C8H15NOS/c10-8(11)7-5-6-1-3-9(7)4-2-6/h6-8,10-11H,1-5H2. The van der Waals surface area contributed by atoms with Crippen molar-refractivity contribution in [1.82, 2.24) is 4.90 Å². The molecule has 2 unspecified atom stereocenters. The lowest BCUT2D eigenvalue weighted by Gasteiger charge is -2.46. The zero-order chi connectivity index (χ0) is 7.84. The molecule has 3 rings (SSSR count). The highest BCUT2D eigenvalue weighted by molar-refractivity contribution is 7.80. The van der Waals surface area contributed by atoms with Gasteiger partial charge in [-0.05, 0) is 38.3 Å². The molecule has 0 aromatic heterocycles. The summed E-state index contributed by atoms with van der Waals surface area (Å²) in [5, 5.41) is 9.32. The molecule has 3 aliphatic rings. The molecule has 64 valence electrons. The van der Waals surface area contributed by atoms with Gasteiger partial charge < -0.3 is 5.11 Å². The summed E-state index contributed by atoms with van der Waals surface area (Å²) in [4.78, 5) is 2.37. The number of aliphatic hydroxyl groups excluding tert-OH is 1. The lowest BCUT2D eigenvalue weighted by Crippen LogP contribution is -2.52. The second-order valence-electron chi connectivity index (χ2n) is 3.70. The predicted octanol–water partition coefficient (Wildman–Crippen LogP) is 0.719. The highest BCUT2D eigenvalue weighted by atomic mass is 32.1. The quantitative estimate of drug-likeness (QED) is 0.451. The number of nitrogens with zero attached hydrogens (tertiary/aromatic N) is 1. The number of piperidine rings is 3. The third kappa shape index (κ3) is 1.42. The predicted molar refractivity (Wildman–Crippen MR) is 47.7 cm³/mol. The molecule has 2 nitrogen and oxygen atoms in total. The van der Waals surface area contributed by atoms with Crippen molar-refractivity contribution in [2.45, 2.75) is 30.7 Å². The molecule has 1 N–H and O–H groups in total. The van der Waals surface area contributed by atoms with Crippen LogP contribution in [0.1, 0.15) is 19.3 Å². The van der Waals surface area contributed by atoms with E-state index in [0.29, 0.717) is 6.04 Å². The highest BCUT2D eigenvalue weighted by Gasteiger charge is 2.35. The van der Waals surface area contributed by atoms with E-state index in [9.17, 15) is 5.11 Å². The van der Waals surface area contributed by atoms with Gasteiger partial charge in [-0.25, -0.2) is 0 Å². The van der Waals surface area contributed by atoms with E-state index in [2.05, 4.69) is 17.5 Å². The van der Waals surface area contributed by atoms with Gasteiger partial charge in [-0.2, -0.15) is 0 Å². The Bertz CT molecular complexity index is 143. The molecule has 0 saturated carbocycles. The van der Waals surface area contributed by atoms with Gasteiger partial charge in [0.2, 0.25) is 0 Å². The minimum absolute atomic E-state index is 0.339. The van der Waals surface area contributed by atoms with E-state index >= 15 is 0 Å². The molecule has 0 aromatic rings. The van der Waals surface area contributed by atoms with Crippen LogP contribution >= 0.6 is 12.6 Å². The summed E-state index contributed by atoms with van der Waals surface area (Å²) in [5.41, 5.74) is -0.432. The van der Waals surface area contributed by atoms with Crippen LogP contribution in [0.5, 0.6) is 0 Å². The van der Waals surface area contributed by atoms with Crippen molar-refractivity contribution in [3.05, 3.63) is 0 Å². The largest absolute Gasteiger partial charge is 0.381 e. The van der Waals surface area contributed by atoms with E-state index in [4.69, 9.17) is 0 Å². The third-order valence-corrected chi connectivity index (χ3v) is 3.38. The molecule has 11 heavy (non-hydrogen) atoms. The van der Waals surface area contributed by atoms with E-state index in [1.54, 1.807) is 0 Å². The van der Waals surface area contributed by atoms with Crippen molar-refractivity contribution >= 4 is 12.6 Å². The van der Waals surface area contributed by atoms with Crippen LogP contribution in [0.2, 0.25) is 0 Å². The van der Waals surface area contributed by atoms with Gasteiger partial charge in [0.15, 0.2) is 0 Å². The maximum Gasteiger partial charge on any atom is 0.112 e. The Kier molecular flexibility index (Phi) is 2.12. The number of thiol groups is 1. The van der Waals surface area contributed by atoms with Crippen molar-refractivity contribution in [2.24, 2.45) is 5.92 Å². The molecule has 2 atom stereocenters. The Morgan fingerprint density at radius 1 is 1.36 bits per heavy atom. The first-order chi connectivity index (χ1) is 5.27. The molecule has 3 aliphatic heterocycles. The van der Waals surface area contributed by atoms with Crippen LogP contribution in [0.25, 0.3) is 0 Å². The maximum absolute atomic E-state index is 9.32. The summed E-state index contributed by atoms with van der Waals surface area (Å²) >= 11 is 4.09. The van der Waals surface area contributed by atoms with Crippen LogP contribution in [-0.2, 0) is 0 Å². The van der Waals surface area contributed by atoms with Crippen molar-refractivity contribution < 1.29 is 5.11 Å². The molecule has 2 bridgehead atoms. The van der Waals surface area contributed by atoms with E-state index < -0.39 is 5.44 Å². The zero-order valence-electron chi connectivity index (χ0n) is 6.61. The van der Waals surface area contributed by atoms with E-state index in [1.165, 1.54) is 25.9 Å². The molecular weight excluding hydrogens is 158 g/mol. The fourth-order valence-corrected chi connectivity index (χ4v) is 2.63.